The van der Waals surface area contributed by atoms with Crippen LogP contribution in [-0.2, 0) is 0 Å². The quantitative estimate of drug-likeness (QED) is 0.862. The smallest absolute Gasteiger partial charge is 0.255 e. The van der Waals surface area contributed by atoms with Crippen LogP contribution in [0.1, 0.15) is 15.9 Å². The zero-order valence-corrected chi connectivity index (χ0v) is 11.2. The lowest BCUT2D eigenvalue weighted by atomic mass is 10.1. The summed E-state index contributed by atoms with van der Waals surface area (Å²) in [7, 11) is 0. The third-order valence-corrected chi connectivity index (χ3v) is 2.81. The van der Waals surface area contributed by atoms with Gasteiger partial charge in [0.25, 0.3) is 5.91 Å². The van der Waals surface area contributed by atoms with Crippen LogP contribution < -0.4 is 10.1 Å². The molecule has 20 heavy (non-hydrogen) atoms. The van der Waals surface area contributed by atoms with Crippen molar-refractivity contribution in [3.8, 4) is 18.1 Å². The van der Waals surface area contributed by atoms with Crippen LogP contribution in [0.5, 0.6) is 5.75 Å². The van der Waals surface area contributed by atoms with Crippen LogP contribution in [0.4, 0.5) is 5.69 Å². The van der Waals surface area contributed by atoms with Crippen LogP contribution >= 0.6 is 0 Å². The van der Waals surface area contributed by atoms with Crippen LogP contribution in [0.15, 0.2) is 48.5 Å². The van der Waals surface area contributed by atoms with E-state index >= 15 is 0 Å². The molecule has 1 N–H and O–H groups in total. The molecule has 0 saturated carbocycles. The number of para-hydroxylation sites is 1. The van der Waals surface area contributed by atoms with Crippen LogP contribution in [0.3, 0.4) is 0 Å². The summed E-state index contributed by atoms with van der Waals surface area (Å²) in [6.07, 6.45) is 5.14. The zero-order chi connectivity index (χ0) is 14.4. The van der Waals surface area contributed by atoms with Crippen molar-refractivity contribution in [3.63, 3.8) is 0 Å². The molecular formula is C17H15NO2. The number of aryl methyl sites for hydroxylation is 1. The van der Waals surface area contributed by atoms with Gasteiger partial charge >= 0.3 is 0 Å². The van der Waals surface area contributed by atoms with Crippen LogP contribution in [0, 0.1) is 19.3 Å². The van der Waals surface area contributed by atoms with Crippen molar-refractivity contribution in [2.24, 2.45) is 0 Å². The molecule has 3 nitrogen and oxygen atoms in total. The van der Waals surface area contributed by atoms with Crippen molar-refractivity contribution < 1.29 is 9.53 Å². The average molecular weight is 265 g/mol. The first-order chi connectivity index (χ1) is 9.70. The van der Waals surface area contributed by atoms with Gasteiger partial charge in [0, 0.05) is 11.3 Å². The Labute approximate surface area is 118 Å². The van der Waals surface area contributed by atoms with Gasteiger partial charge in [-0.05, 0) is 36.8 Å². The number of carbonyl (C=O) groups is 1. The fraction of sp³-hybridized carbons (Fsp3) is 0.118. The first kappa shape index (κ1) is 13.7. The molecule has 0 radical (unpaired) electrons. The maximum absolute atomic E-state index is 12.2. The number of benzene rings is 2. The lowest BCUT2D eigenvalue weighted by molar-refractivity contribution is 0.102. The van der Waals surface area contributed by atoms with E-state index < -0.39 is 0 Å². The number of amides is 1. The normalized spacial score (nSPS) is 9.60. The van der Waals surface area contributed by atoms with Crippen molar-refractivity contribution >= 4 is 11.6 Å². The fourth-order valence-electron chi connectivity index (χ4n) is 1.76. The van der Waals surface area contributed by atoms with E-state index in [0.29, 0.717) is 11.3 Å². The summed E-state index contributed by atoms with van der Waals surface area (Å²) >= 11 is 0. The number of nitrogens with one attached hydrogen (secondary N) is 1. The monoisotopic (exact) mass is 265 g/mol. The van der Waals surface area contributed by atoms with Crippen molar-refractivity contribution in [2.75, 3.05) is 11.9 Å². The number of ether oxygens (including phenoxy) is 1. The summed E-state index contributed by atoms with van der Waals surface area (Å²) in [4.78, 5) is 12.2. The van der Waals surface area contributed by atoms with E-state index in [9.17, 15) is 4.79 Å². The van der Waals surface area contributed by atoms with E-state index in [1.807, 2.05) is 31.2 Å². The second-order valence-corrected chi connectivity index (χ2v) is 4.29. The first-order valence-corrected chi connectivity index (χ1v) is 6.24. The molecule has 2 aromatic rings. The molecule has 0 aromatic heterocycles. The topological polar surface area (TPSA) is 38.3 Å². The Morgan fingerprint density at radius 2 is 2.05 bits per heavy atom. The Morgan fingerprint density at radius 1 is 1.25 bits per heavy atom. The lowest BCUT2D eigenvalue weighted by Gasteiger charge is -2.09. The molecular weight excluding hydrogens is 250 g/mol. The Balaban J connectivity index is 2.13. The Hall–Kier alpha value is -2.73. The SMILES string of the molecule is C#CCOc1cccc(C(=O)Nc2ccccc2C)c1. The first-order valence-electron chi connectivity index (χ1n) is 6.24. The molecule has 2 rings (SSSR count). The van der Waals surface area contributed by atoms with Gasteiger partial charge in [-0.2, -0.15) is 0 Å². The highest BCUT2D eigenvalue weighted by Gasteiger charge is 2.08. The number of rotatable bonds is 4. The summed E-state index contributed by atoms with van der Waals surface area (Å²) in [6.45, 7) is 2.13. The van der Waals surface area contributed by atoms with Gasteiger partial charge in [-0.3, -0.25) is 4.79 Å². The van der Waals surface area contributed by atoms with Crippen molar-refractivity contribution in [3.05, 3.63) is 59.7 Å². The molecule has 2 aromatic carbocycles. The minimum Gasteiger partial charge on any atom is -0.481 e. The molecule has 1 amide bonds. The highest BCUT2D eigenvalue weighted by atomic mass is 16.5. The summed E-state index contributed by atoms with van der Waals surface area (Å²) < 4.78 is 5.30. The Bertz CT molecular complexity index is 656. The number of anilines is 1. The van der Waals surface area contributed by atoms with Gasteiger partial charge in [-0.15, -0.1) is 6.42 Å². The largest absolute Gasteiger partial charge is 0.481 e. The molecule has 0 atom stereocenters. The molecule has 0 aliphatic heterocycles. The molecule has 0 spiro atoms. The van der Waals surface area contributed by atoms with Crippen LogP contribution in [-0.4, -0.2) is 12.5 Å². The average Bonchev–Trinajstić information content (AvgIpc) is 2.48. The van der Waals surface area contributed by atoms with Gasteiger partial charge in [0.15, 0.2) is 0 Å². The maximum Gasteiger partial charge on any atom is 0.255 e. The number of hydrogen-bond acceptors (Lipinski definition) is 2. The maximum atomic E-state index is 12.2. The number of terminal acetylenes is 1. The molecule has 0 fully saturated rings. The second-order valence-electron chi connectivity index (χ2n) is 4.29. The summed E-state index contributed by atoms with van der Waals surface area (Å²) in [5.41, 5.74) is 2.34. The predicted octanol–water partition coefficient (Wildman–Crippen LogP) is 3.26. The van der Waals surface area contributed by atoms with Crippen LogP contribution in [0.2, 0.25) is 0 Å². The van der Waals surface area contributed by atoms with Gasteiger partial charge in [-0.25, -0.2) is 0 Å². The van der Waals surface area contributed by atoms with Crippen molar-refractivity contribution in [1.82, 2.24) is 0 Å². The molecule has 0 aliphatic carbocycles. The highest BCUT2D eigenvalue weighted by Crippen LogP contribution is 2.17. The summed E-state index contributed by atoms with van der Waals surface area (Å²) in [5, 5.41) is 2.87. The third-order valence-electron chi connectivity index (χ3n) is 2.81. The van der Waals surface area contributed by atoms with E-state index in [4.69, 9.17) is 11.2 Å². The van der Waals surface area contributed by atoms with Gasteiger partial charge in [-0.1, -0.05) is 30.2 Å². The van der Waals surface area contributed by atoms with E-state index in [0.717, 1.165) is 11.3 Å². The fourth-order valence-corrected chi connectivity index (χ4v) is 1.76. The molecule has 0 unspecified atom stereocenters. The van der Waals surface area contributed by atoms with Crippen molar-refractivity contribution in [2.45, 2.75) is 6.92 Å². The zero-order valence-electron chi connectivity index (χ0n) is 11.2. The van der Waals surface area contributed by atoms with Gasteiger partial charge in [0.2, 0.25) is 0 Å². The second kappa shape index (κ2) is 6.44. The van der Waals surface area contributed by atoms with Crippen LogP contribution in [0.25, 0.3) is 0 Å². The molecule has 0 aliphatic rings. The van der Waals surface area contributed by atoms with E-state index in [-0.39, 0.29) is 12.5 Å². The van der Waals surface area contributed by atoms with E-state index in [1.54, 1.807) is 24.3 Å². The Kier molecular flexibility index (Phi) is 4.41. The number of carbonyl (C=O) groups excluding carboxylic acids is 1. The van der Waals surface area contributed by atoms with E-state index in [2.05, 4.69) is 11.2 Å². The molecule has 0 heterocycles. The van der Waals surface area contributed by atoms with Gasteiger partial charge in [0.1, 0.15) is 12.4 Å². The molecule has 3 heteroatoms. The molecule has 0 saturated heterocycles. The molecule has 100 valence electrons. The minimum absolute atomic E-state index is 0.176. The van der Waals surface area contributed by atoms with Gasteiger partial charge < -0.3 is 10.1 Å². The number of hydrogen-bond donors (Lipinski definition) is 1. The summed E-state index contributed by atoms with van der Waals surface area (Å²) in [6, 6.07) is 14.6. The van der Waals surface area contributed by atoms with Gasteiger partial charge in [0.05, 0.1) is 0 Å². The predicted molar refractivity (Wildman–Crippen MR) is 79.9 cm³/mol. The standard InChI is InChI=1S/C17H15NO2/c1-3-11-20-15-9-6-8-14(12-15)17(19)18-16-10-5-4-7-13(16)2/h1,4-10,12H,11H2,2H3,(H,18,19). The Morgan fingerprint density at radius 3 is 2.80 bits per heavy atom. The highest BCUT2D eigenvalue weighted by molar-refractivity contribution is 6.04. The van der Waals surface area contributed by atoms with E-state index in [1.165, 1.54) is 0 Å². The third kappa shape index (κ3) is 3.39. The molecule has 0 bridgehead atoms. The minimum atomic E-state index is -0.176. The lowest BCUT2D eigenvalue weighted by Crippen LogP contribution is -2.12. The van der Waals surface area contributed by atoms with Crippen molar-refractivity contribution in [1.29, 1.82) is 0 Å². The summed E-state index contributed by atoms with van der Waals surface area (Å²) in [5.74, 6) is 2.80.